The van der Waals surface area contributed by atoms with Gasteiger partial charge in [-0.2, -0.15) is 5.10 Å². The molecule has 5 heteroatoms. The first-order chi connectivity index (χ1) is 13.8. The minimum absolute atomic E-state index is 0.0889. The summed E-state index contributed by atoms with van der Waals surface area (Å²) in [4.78, 5) is 2.17. The summed E-state index contributed by atoms with van der Waals surface area (Å²) in [5.74, 6) is 1.89. The van der Waals surface area contributed by atoms with Crippen molar-refractivity contribution in [2.45, 2.75) is 90.1 Å². The van der Waals surface area contributed by atoms with Gasteiger partial charge in [-0.05, 0) is 18.6 Å². The molecule has 0 saturated heterocycles. The number of anilines is 1. The van der Waals surface area contributed by atoms with Crippen LogP contribution in [0.15, 0.2) is 29.4 Å². The van der Waals surface area contributed by atoms with Crippen LogP contribution < -0.4 is 15.1 Å². The normalized spacial score (nSPS) is 16.0. The standard InChI is InChI=1S/C23H37N3OS/c1-3-4-5-6-7-8-9-10-11-12-13-18-22-24-25-23(19-28)26(22)20-16-14-15-17-21(20)27-2/h14-17,19,23,25H,3-13,18H2,1-2H3. The van der Waals surface area contributed by atoms with Crippen LogP contribution in [0.25, 0.3) is 0 Å². The molecule has 1 aliphatic rings. The highest BCUT2D eigenvalue weighted by molar-refractivity contribution is 7.79. The van der Waals surface area contributed by atoms with E-state index in [4.69, 9.17) is 17.0 Å². The predicted molar refractivity (Wildman–Crippen MR) is 125 cm³/mol. The summed E-state index contributed by atoms with van der Waals surface area (Å²) in [5, 5.41) is 6.27. The number of nitrogens with one attached hydrogen (secondary N) is 1. The maximum absolute atomic E-state index is 5.54. The average Bonchev–Trinajstić information content (AvgIpc) is 3.14. The molecule has 0 saturated carbocycles. The van der Waals surface area contributed by atoms with Crippen molar-refractivity contribution in [1.82, 2.24) is 5.43 Å². The molecule has 1 aromatic rings. The fourth-order valence-corrected chi connectivity index (χ4v) is 3.93. The molecule has 1 N–H and O–H groups in total. The number of thiocarbonyl (C=S) groups is 1. The molecule has 0 aliphatic carbocycles. The second-order valence-electron chi connectivity index (χ2n) is 7.57. The fourth-order valence-electron chi connectivity index (χ4n) is 3.75. The molecule has 1 atom stereocenters. The van der Waals surface area contributed by atoms with Gasteiger partial charge >= 0.3 is 0 Å². The summed E-state index contributed by atoms with van der Waals surface area (Å²) in [7, 11) is 1.70. The quantitative estimate of drug-likeness (QED) is 0.270. The molecule has 0 spiro atoms. The molecule has 0 aromatic heterocycles. The van der Waals surface area contributed by atoms with Crippen molar-refractivity contribution in [2.24, 2.45) is 5.10 Å². The molecular formula is C23H37N3OS. The molecule has 0 radical (unpaired) electrons. The van der Waals surface area contributed by atoms with Crippen molar-refractivity contribution in [3.05, 3.63) is 24.3 Å². The Bertz CT molecular complexity index is 605. The molecule has 1 heterocycles. The summed E-state index contributed by atoms with van der Waals surface area (Å²) in [6, 6.07) is 8.05. The minimum atomic E-state index is -0.0889. The van der Waals surface area contributed by atoms with E-state index in [-0.39, 0.29) is 6.17 Å². The number of para-hydroxylation sites is 2. The van der Waals surface area contributed by atoms with Crippen LogP contribution in [-0.2, 0) is 0 Å². The highest BCUT2D eigenvalue weighted by atomic mass is 32.1. The summed E-state index contributed by atoms with van der Waals surface area (Å²) >= 11 is 5.21. The number of unbranched alkanes of at least 4 members (excludes halogenated alkanes) is 10. The number of benzene rings is 1. The number of ether oxygens (including phenoxy) is 1. The lowest BCUT2D eigenvalue weighted by atomic mass is 10.0. The molecule has 28 heavy (non-hydrogen) atoms. The Kier molecular flexibility index (Phi) is 11.0. The van der Waals surface area contributed by atoms with Crippen LogP contribution >= 0.6 is 12.2 Å². The zero-order valence-corrected chi connectivity index (χ0v) is 18.5. The van der Waals surface area contributed by atoms with Crippen LogP contribution in [0.2, 0.25) is 0 Å². The number of amidine groups is 1. The van der Waals surface area contributed by atoms with Crippen molar-refractivity contribution in [2.75, 3.05) is 12.0 Å². The molecule has 1 aromatic carbocycles. The van der Waals surface area contributed by atoms with Crippen molar-refractivity contribution in [3.63, 3.8) is 0 Å². The smallest absolute Gasteiger partial charge is 0.150 e. The zero-order chi connectivity index (χ0) is 20.0. The molecule has 0 bridgehead atoms. The van der Waals surface area contributed by atoms with Crippen LogP contribution in [0, 0.1) is 0 Å². The van der Waals surface area contributed by atoms with E-state index in [0.717, 1.165) is 30.1 Å². The Balaban J connectivity index is 1.69. The van der Waals surface area contributed by atoms with E-state index in [1.807, 2.05) is 18.2 Å². The van der Waals surface area contributed by atoms with Gasteiger partial charge in [-0.1, -0.05) is 95.5 Å². The van der Waals surface area contributed by atoms with Gasteiger partial charge in [-0.25, -0.2) is 0 Å². The number of nitrogens with zero attached hydrogens (tertiary/aromatic N) is 2. The highest BCUT2D eigenvalue weighted by Gasteiger charge is 2.28. The fraction of sp³-hybridized carbons (Fsp3) is 0.652. The predicted octanol–water partition coefficient (Wildman–Crippen LogP) is 6.45. The van der Waals surface area contributed by atoms with Crippen molar-refractivity contribution in [1.29, 1.82) is 0 Å². The number of hydrazone groups is 1. The average molecular weight is 404 g/mol. The summed E-state index contributed by atoms with van der Waals surface area (Å²) in [5.41, 5.74) is 4.16. The van der Waals surface area contributed by atoms with Gasteiger partial charge in [0.15, 0.2) is 0 Å². The largest absolute Gasteiger partial charge is 0.495 e. The molecule has 4 nitrogen and oxygen atoms in total. The molecule has 156 valence electrons. The zero-order valence-electron chi connectivity index (χ0n) is 17.7. The van der Waals surface area contributed by atoms with Gasteiger partial charge in [0.05, 0.1) is 12.8 Å². The van der Waals surface area contributed by atoms with E-state index in [1.165, 1.54) is 64.2 Å². The molecular weight excluding hydrogens is 366 g/mol. The Morgan fingerprint density at radius 1 is 1.00 bits per heavy atom. The van der Waals surface area contributed by atoms with E-state index in [0.29, 0.717) is 0 Å². The Hall–Kier alpha value is -1.62. The molecule has 0 fully saturated rings. The third-order valence-corrected chi connectivity index (χ3v) is 5.62. The first kappa shape index (κ1) is 22.7. The van der Waals surface area contributed by atoms with Gasteiger partial charge in [0.2, 0.25) is 0 Å². The van der Waals surface area contributed by atoms with E-state index in [9.17, 15) is 0 Å². The Morgan fingerprint density at radius 2 is 1.61 bits per heavy atom. The van der Waals surface area contributed by atoms with Crippen LogP contribution in [0.5, 0.6) is 5.75 Å². The second kappa shape index (κ2) is 13.5. The number of rotatable bonds is 15. The van der Waals surface area contributed by atoms with Gasteiger partial charge in [0, 0.05) is 11.8 Å². The summed E-state index contributed by atoms with van der Waals surface area (Å²) < 4.78 is 5.54. The van der Waals surface area contributed by atoms with Crippen molar-refractivity contribution >= 4 is 29.1 Å². The maximum Gasteiger partial charge on any atom is 0.150 e. The van der Waals surface area contributed by atoms with E-state index < -0.39 is 0 Å². The van der Waals surface area contributed by atoms with Crippen LogP contribution in [0.4, 0.5) is 5.69 Å². The molecule has 0 amide bonds. The van der Waals surface area contributed by atoms with Crippen LogP contribution in [0.1, 0.15) is 84.0 Å². The Morgan fingerprint density at radius 3 is 2.21 bits per heavy atom. The Labute approximate surface area is 176 Å². The van der Waals surface area contributed by atoms with Gasteiger partial charge in [-0.15, -0.1) is 0 Å². The lowest BCUT2D eigenvalue weighted by Crippen LogP contribution is -2.41. The van der Waals surface area contributed by atoms with Gasteiger partial charge in [0.1, 0.15) is 17.8 Å². The first-order valence-corrected chi connectivity index (χ1v) is 11.5. The molecule has 1 unspecified atom stereocenters. The number of hydrogen-bond donors (Lipinski definition) is 1. The third-order valence-electron chi connectivity index (χ3n) is 5.36. The monoisotopic (exact) mass is 403 g/mol. The number of hydrogen-bond acceptors (Lipinski definition) is 5. The first-order valence-electron chi connectivity index (χ1n) is 11.0. The topological polar surface area (TPSA) is 36.9 Å². The third kappa shape index (κ3) is 7.08. The molecule has 2 rings (SSSR count). The van der Waals surface area contributed by atoms with E-state index >= 15 is 0 Å². The molecule has 1 aliphatic heterocycles. The van der Waals surface area contributed by atoms with Crippen molar-refractivity contribution < 1.29 is 4.74 Å². The highest BCUT2D eigenvalue weighted by Crippen LogP contribution is 2.31. The van der Waals surface area contributed by atoms with Crippen LogP contribution in [0.3, 0.4) is 0 Å². The summed E-state index contributed by atoms with van der Waals surface area (Å²) in [6.07, 6.45) is 15.7. The SMILES string of the molecule is CCCCCCCCCCCCCC1=NNC(C=S)N1c1ccccc1OC. The lowest BCUT2D eigenvalue weighted by molar-refractivity contribution is 0.415. The lowest BCUT2D eigenvalue weighted by Gasteiger charge is -2.26. The van der Waals surface area contributed by atoms with Crippen LogP contribution in [-0.4, -0.2) is 24.5 Å². The van der Waals surface area contributed by atoms with E-state index in [2.05, 4.69) is 28.4 Å². The van der Waals surface area contributed by atoms with Crippen molar-refractivity contribution in [3.8, 4) is 5.75 Å². The second-order valence-corrected chi connectivity index (χ2v) is 7.84. The van der Waals surface area contributed by atoms with Gasteiger partial charge in [0.25, 0.3) is 0 Å². The summed E-state index contributed by atoms with van der Waals surface area (Å²) in [6.45, 7) is 2.28. The van der Waals surface area contributed by atoms with Gasteiger partial charge in [-0.3, -0.25) is 10.3 Å². The maximum atomic E-state index is 5.54. The van der Waals surface area contributed by atoms with E-state index in [1.54, 1.807) is 12.5 Å². The van der Waals surface area contributed by atoms with Gasteiger partial charge < -0.3 is 4.74 Å². The number of methoxy groups -OCH3 is 1. The minimum Gasteiger partial charge on any atom is -0.495 e.